The highest BCUT2D eigenvalue weighted by Gasteiger charge is 2.16. The van der Waals surface area contributed by atoms with Gasteiger partial charge in [-0.3, -0.25) is 4.98 Å². The Balaban J connectivity index is 2.21. The summed E-state index contributed by atoms with van der Waals surface area (Å²) in [7, 11) is 0. The number of fused-ring (bicyclic) bond motifs is 4. The lowest BCUT2D eigenvalue weighted by Gasteiger charge is -2.06. The van der Waals surface area contributed by atoms with E-state index >= 15 is 0 Å². The number of nitrogens with zero attached hydrogens (tertiary/aromatic N) is 1. The molecule has 1 aromatic heterocycles. The molecule has 1 aliphatic heterocycles. The fraction of sp³-hybridized carbons (Fsp3) is 0.0714. The van der Waals surface area contributed by atoms with E-state index in [0.29, 0.717) is 0 Å². The van der Waals surface area contributed by atoms with Crippen LogP contribution in [-0.4, -0.2) is 11.8 Å². The normalized spacial score (nSPS) is 13.4. The van der Waals surface area contributed by atoms with Crippen LogP contribution in [0, 0.1) is 0 Å². The molecule has 4 heteroatoms. The Labute approximate surface area is 111 Å². The van der Waals surface area contributed by atoms with Crippen LogP contribution < -0.4 is 9.47 Å². The zero-order valence-corrected chi connectivity index (χ0v) is 10.9. The van der Waals surface area contributed by atoms with E-state index in [-0.39, 0.29) is 6.79 Å². The highest BCUT2D eigenvalue weighted by atomic mass is 79.9. The van der Waals surface area contributed by atoms with Gasteiger partial charge in [-0.1, -0.05) is 22.0 Å². The van der Waals surface area contributed by atoms with Gasteiger partial charge < -0.3 is 9.47 Å². The quantitative estimate of drug-likeness (QED) is 0.591. The zero-order valence-electron chi connectivity index (χ0n) is 9.31. The minimum atomic E-state index is 0.290. The molecule has 0 radical (unpaired) electrons. The number of halogens is 1. The van der Waals surface area contributed by atoms with Gasteiger partial charge in [0.1, 0.15) is 0 Å². The van der Waals surface area contributed by atoms with Crippen molar-refractivity contribution in [3.05, 3.63) is 41.0 Å². The summed E-state index contributed by atoms with van der Waals surface area (Å²) in [5.74, 6) is 1.58. The molecule has 0 saturated heterocycles. The molecule has 0 amide bonds. The average Bonchev–Trinajstić information content (AvgIpc) is 2.83. The van der Waals surface area contributed by atoms with Crippen LogP contribution in [0.4, 0.5) is 0 Å². The molecule has 3 nitrogen and oxygen atoms in total. The second-order valence-corrected chi connectivity index (χ2v) is 5.04. The molecule has 2 aromatic carbocycles. The predicted octanol–water partition coefficient (Wildman–Crippen LogP) is 3.88. The molecule has 0 unspecified atom stereocenters. The molecule has 88 valence electrons. The molecule has 1 aliphatic rings. The number of benzene rings is 2. The second kappa shape index (κ2) is 3.59. The van der Waals surface area contributed by atoms with Crippen LogP contribution in [0.25, 0.3) is 21.7 Å². The number of hydrogen-bond donors (Lipinski definition) is 0. The third kappa shape index (κ3) is 1.32. The van der Waals surface area contributed by atoms with E-state index in [9.17, 15) is 0 Å². The number of ether oxygens (including phenoxy) is 2. The molecule has 18 heavy (non-hydrogen) atoms. The molecule has 0 N–H and O–H groups in total. The first-order chi connectivity index (χ1) is 8.83. The Hall–Kier alpha value is -1.81. The monoisotopic (exact) mass is 301 g/mol. The van der Waals surface area contributed by atoms with Gasteiger partial charge in [0.25, 0.3) is 0 Å². The van der Waals surface area contributed by atoms with Crippen molar-refractivity contribution in [3.8, 4) is 11.5 Å². The molecule has 0 saturated carbocycles. The molecular weight excluding hydrogens is 294 g/mol. The van der Waals surface area contributed by atoms with Crippen molar-refractivity contribution in [2.75, 3.05) is 6.79 Å². The zero-order chi connectivity index (χ0) is 12.1. The summed E-state index contributed by atoms with van der Waals surface area (Å²) >= 11 is 3.59. The van der Waals surface area contributed by atoms with Gasteiger partial charge in [-0.25, -0.2) is 0 Å². The SMILES string of the molecule is Brc1cccc2ncc3cc4c(cc3c12)OCO4. The molecule has 0 fully saturated rings. The van der Waals surface area contributed by atoms with Crippen LogP contribution in [0.5, 0.6) is 11.5 Å². The Kier molecular flexibility index (Phi) is 2.02. The molecular formula is C14H8BrNO2. The molecule has 0 spiro atoms. The van der Waals surface area contributed by atoms with Gasteiger partial charge in [0.05, 0.1) is 5.52 Å². The van der Waals surface area contributed by atoms with Crippen molar-refractivity contribution in [1.29, 1.82) is 0 Å². The summed E-state index contributed by atoms with van der Waals surface area (Å²) in [6.07, 6.45) is 1.87. The predicted molar refractivity (Wildman–Crippen MR) is 73.1 cm³/mol. The highest BCUT2D eigenvalue weighted by molar-refractivity contribution is 9.10. The Morgan fingerprint density at radius 1 is 1.11 bits per heavy atom. The largest absolute Gasteiger partial charge is 0.454 e. The number of hydrogen-bond acceptors (Lipinski definition) is 3. The Bertz CT molecular complexity index is 785. The topological polar surface area (TPSA) is 31.4 Å². The van der Waals surface area contributed by atoms with E-state index in [1.807, 2.05) is 36.5 Å². The maximum absolute atomic E-state index is 5.44. The van der Waals surface area contributed by atoms with Crippen molar-refractivity contribution < 1.29 is 9.47 Å². The molecule has 0 aliphatic carbocycles. The van der Waals surface area contributed by atoms with Crippen LogP contribution in [0.2, 0.25) is 0 Å². The van der Waals surface area contributed by atoms with Crippen LogP contribution in [-0.2, 0) is 0 Å². The van der Waals surface area contributed by atoms with Crippen LogP contribution in [0.1, 0.15) is 0 Å². The van der Waals surface area contributed by atoms with Gasteiger partial charge >= 0.3 is 0 Å². The first-order valence-electron chi connectivity index (χ1n) is 5.59. The summed E-state index contributed by atoms with van der Waals surface area (Å²) in [5, 5.41) is 3.28. The lowest BCUT2D eigenvalue weighted by Crippen LogP contribution is -1.92. The first-order valence-corrected chi connectivity index (χ1v) is 6.39. The van der Waals surface area contributed by atoms with Gasteiger partial charge in [0.15, 0.2) is 11.5 Å². The van der Waals surface area contributed by atoms with Crippen molar-refractivity contribution in [1.82, 2.24) is 4.98 Å². The minimum Gasteiger partial charge on any atom is -0.454 e. The molecule has 0 atom stereocenters. The van der Waals surface area contributed by atoms with Crippen molar-refractivity contribution in [3.63, 3.8) is 0 Å². The lowest BCUT2D eigenvalue weighted by molar-refractivity contribution is 0.174. The van der Waals surface area contributed by atoms with Crippen LogP contribution >= 0.6 is 15.9 Å². The minimum absolute atomic E-state index is 0.290. The molecule has 0 bridgehead atoms. The van der Waals surface area contributed by atoms with Crippen LogP contribution in [0.3, 0.4) is 0 Å². The third-order valence-electron chi connectivity index (χ3n) is 3.15. The number of aromatic nitrogens is 1. The number of pyridine rings is 1. The summed E-state index contributed by atoms with van der Waals surface area (Å²) in [6, 6.07) is 10.0. The molecule has 3 aromatic rings. The maximum Gasteiger partial charge on any atom is 0.231 e. The number of rotatable bonds is 0. The van der Waals surface area contributed by atoms with E-state index in [0.717, 1.165) is 37.6 Å². The first kappa shape index (κ1) is 10.1. The van der Waals surface area contributed by atoms with Crippen molar-refractivity contribution in [2.45, 2.75) is 0 Å². The third-order valence-corrected chi connectivity index (χ3v) is 3.81. The summed E-state index contributed by atoms with van der Waals surface area (Å²) in [5.41, 5.74) is 0.968. The second-order valence-electron chi connectivity index (χ2n) is 4.18. The molecule has 2 heterocycles. The van der Waals surface area contributed by atoms with E-state index in [1.165, 1.54) is 0 Å². The van der Waals surface area contributed by atoms with Gasteiger partial charge in [0, 0.05) is 21.4 Å². The summed E-state index contributed by atoms with van der Waals surface area (Å²) in [6.45, 7) is 0.290. The fourth-order valence-corrected chi connectivity index (χ4v) is 2.88. The fourth-order valence-electron chi connectivity index (χ4n) is 2.31. The van der Waals surface area contributed by atoms with Gasteiger partial charge in [0.2, 0.25) is 6.79 Å². The maximum atomic E-state index is 5.44. The lowest BCUT2D eigenvalue weighted by atomic mass is 10.1. The van der Waals surface area contributed by atoms with Gasteiger partial charge in [-0.05, 0) is 29.7 Å². The van der Waals surface area contributed by atoms with Crippen LogP contribution in [0.15, 0.2) is 41.0 Å². The Morgan fingerprint density at radius 2 is 1.94 bits per heavy atom. The van der Waals surface area contributed by atoms with E-state index in [1.54, 1.807) is 0 Å². The van der Waals surface area contributed by atoms with E-state index in [4.69, 9.17) is 9.47 Å². The van der Waals surface area contributed by atoms with Crippen molar-refractivity contribution >= 4 is 37.6 Å². The smallest absolute Gasteiger partial charge is 0.231 e. The van der Waals surface area contributed by atoms with E-state index < -0.39 is 0 Å². The highest BCUT2D eigenvalue weighted by Crippen LogP contribution is 2.39. The standard InChI is InChI=1S/C14H8BrNO2/c15-10-2-1-3-11-14(10)9-5-13-12(17-7-18-13)4-8(9)6-16-11/h1-6H,7H2. The van der Waals surface area contributed by atoms with Crippen molar-refractivity contribution in [2.24, 2.45) is 0 Å². The summed E-state index contributed by atoms with van der Waals surface area (Å²) < 4.78 is 11.9. The average molecular weight is 302 g/mol. The molecule has 4 rings (SSSR count). The summed E-state index contributed by atoms with van der Waals surface area (Å²) in [4.78, 5) is 4.47. The van der Waals surface area contributed by atoms with Gasteiger partial charge in [-0.2, -0.15) is 0 Å². The Morgan fingerprint density at radius 3 is 2.83 bits per heavy atom. The van der Waals surface area contributed by atoms with Gasteiger partial charge in [-0.15, -0.1) is 0 Å². The van der Waals surface area contributed by atoms with E-state index in [2.05, 4.69) is 20.9 Å².